The van der Waals surface area contributed by atoms with E-state index in [1.165, 1.54) is 141 Å². The summed E-state index contributed by atoms with van der Waals surface area (Å²) in [5.41, 5.74) is 0. The van der Waals surface area contributed by atoms with Crippen LogP contribution in [0.1, 0.15) is 329 Å². The minimum atomic E-state index is -0.796. The van der Waals surface area contributed by atoms with Crippen molar-refractivity contribution >= 4 is 17.9 Å². The van der Waals surface area contributed by atoms with E-state index in [2.05, 4.69) is 142 Å². The Morgan fingerprint density at radius 2 is 0.470 bits per heavy atom. The molecule has 0 rings (SSSR count). The van der Waals surface area contributed by atoms with Crippen molar-refractivity contribution in [1.82, 2.24) is 0 Å². The van der Waals surface area contributed by atoms with Gasteiger partial charge in [-0.1, -0.05) is 303 Å². The number of hydrogen-bond acceptors (Lipinski definition) is 6. The van der Waals surface area contributed by atoms with Gasteiger partial charge in [0.05, 0.1) is 0 Å². The van der Waals surface area contributed by atoms with Crippen molar-refractivity contribution in [3.8, 4) is 0 Å². The van der Waals surface area contributed by atoms with Crippen LogP contribution in [0.3, 0.4) is 0 Å². The van der Waals surface area contributed by atoms with E-state index in [1.54, 1.807) is 0 Å². The predicted molar refractivity (Wildman–Crippen MR) is 362 cm³/mol. The lowest BCUT2D eigenvalue weighted by Crippen LogP contribution is -2.30. The summed E-state index contributed by atoms with van der Waals surface area (Å²) >= 11 is 0. The Hall–Kier alpha value is -4.19. The third-order valence-electron chi connectivity index (χ3n) is 14.9. The summed E-state index contributed by atoms with van der Waals surface area (Å²) in [6.45, 7) is 6.41. The van der Waals surface area contributed by atoms with E-state index in [1.807, 2.05) is 0 Å². The first-order chi connectivity index (χ1) is 41.0. The van der Waals surface area contributed by atoms with Crippen LogP contribution in [-0.4, -0.2) is 37.2 Å². The van der Waals surface area contributed by atoms with Crippen LogP contribution in [0, 0.1) is 0 Å². The molecule has 0 spiro atoms. The van der Waals surface area contributed by atoms with E-state index in [9.17, 15) is 14.4 Å². The molecule has 83 heavy (non-hydrogen) atoms. The Balaban J connectivity index is 4.32. The molecule has 0 saturated carbocycles. The molecule has 6 heteroatoms. The Morgan fingerprint density at radius 1 is 0.253 bits per heavy atom. The van der Waals surface area contributed by atoms with Gasteiger partial charge >= 0.3 is 17.9 Å². The fraction of sp³-hybridized carbons (Fsp3) is 0.701. The molecule has 0 aliphatic carbocycles. The molecule has 0 aliphatic rings. The first-order valence-corrected chi connectivity index (χ1v) is 35.0. The smallest absolute Gasteiger partial charge is 0.306 e. The standard InChI is InChI=1S/C77H130O6/c1-4-7-10-13-16-19-22-25-28-30-32-34-35-36-37-38-39-40-41-43-44-46-49-52-55-58-61-64-67-70-76(79)82-73-74(72-81-75(78)69-66-63-60-57-54-51-48-27-24-21-18-15-12-9-6-3)83-77(80)71-68-65-62-59-56-53-50-47-45-42-33-31-29-26-23-20-17-14-11-8-5-2/h7,9-10,12,16,18-19,21,23,25-28,31-34,45,47-48,74H,4-6,8,11,13-15,17,20,22,24,29-30,35-44,46,49-73H2,1-3H3/b10-7-,12-9-,19-16-,21-18-,26-23-,28-25-,33-31-,34-32-,47-45-,48-27-. The van der Waals surface area contributed by atoms with Gasteiger partial charge in [-0.2, -0.15) is 0 Å². The van der Waals surface area contributed by atoms with Crippen LogP contribution in [0.5, 0.6) is 0 Å². The third kappa shape index (κ3) is 68.5. The Labute approximate surface area is 513 Å². The molecule has 6 nitrogen and oxygen atoms in total. The summed E-state index contributed by atoms with van der Waals surface area (Å²) in [7, 11) is 0. The zero-order valence-corrected chi connectivity index (χ0v) is 54.4. The topological polar surface area (TPSA) is 78.9 Å². The highest BCUT2D eigenvalue weighted by atomic mass is 16.6. The van der Waals surface area contributed by atoms with E-state index in [-0.39, 0.29) is 31.1 Å². The van der Waals surface area contributed by atoms with Crippen molar-refractivity contribution in [3.63, 3.8) is 0 Å². The second-order valence-corrected chi connectivity index (χ2v) is 23.0. The largest absolute Gasteiger partial charge is 0.462 e. The first kappa shape index (κ1) is 78.8. The number of rotatable bonds is 63. The van der Waals surface area contributed by atoms with Gasteiger partial charge in [0.15, 0.2) is 6.10 Å². The Morgan fingerprint density at radius 3 is 0.735 bits per heavy atom. The van der Waals surface area contributed by atoms with Crippen molar-refractivity contribution in [2.45, 2.75) is 335 Å². The van der Waals surface area contributed by atoms with Crippen LogP contribution in [-0.2, 0) is 28.6 Å². The highest BCUT2D eigenvalue weighted by Crippen LogP contribution is 2.17. The van der Waals surface area contributed by atoms with Crippen LogP contribution in [0.2, 0.25) is 0 Å². The SMILES string of the molecule is CC/C=C\C/C=C\C/C=C\C/C=C\CCCCCCCCCCCCCCCCCCC(=O)OCC(COC(=O)CCCCCCC/C=C\C/C=C\C/C=C\CC)OC(=O)CCCCCCCC/C=C\C/C=C\C/C=C\CCCCCCC. The Bertz CT molecular complexity index is 1700. The molecule has 0 fully saturated rings. The van der Waals surface area contributed by atoms with Crippen molar-refractivity contribution < 1.29 is 28.6 Å². The van der Waals surface area contributed by atoms with Crippen LogP contribution in [0.15, 0.2) is 122 Å². The molecule has 0 heterocycles. The van der Waals surface area contributed by atoms with Crippen LogP contribution in [0.4, 0.5) is 0 Å². The van der Waals surface area contributed by atoms with Gasteiger partial charge in [0, 0.05) is 19.3 Å². The highest BCUT2D eigenvalue weighted by molar-refractivity contribution is 5.71. The maximum atomic E-state index is 13.0. The molecule has 1 unspecified atom stereocenters. The molecule has 0 aromatic heterocycles. The van der Waals surface area contributed by atoms with E-state index >= 15 is 0 Å². The third-order valence-corrected chi connectivity index (χ3v) is 14.9. The minimum Gasteiger partial charge on any atom is -0.462 e. The zero-order valence-electron chi connectivity index (χ0n) is 54.4. The highest BCUT2D eigenvalue weighted by Gasteiger charge is 2.19. The second kappa shape index (κ2) is 70.3. The fourth-order valence-corrected chi connectivity index (χ4v) is 9.75. The lowest BCUT2D eigenvalue weighted by atomic mass is 10.0. The molecule has 0 aliphatic heterocycles. The molecule has 1 atom stereocenters. The minimum absolute atomic E-state index is 0.0893. The molecule has 0 bridgehead atoms. The molecular weight excluding hydrogens is 1020 g/mol. The first-order valence-electron chi connectivity index (χ1n) is 35.0. The van der Waals surface area contributed by atoms with Crippen molar-refractivity contribution in [2.75, 3.05) is 13.2 Å². The molecule has 0 radical (unpaired) electrons. The maximum Gasteiger partial charge on any atom is 0.306 e. The normalized spacial score (nSPS) is 12.9. The van der Waals surface area contributed by atoms with Gasteiger partial charge in [0.2, 0.25) is 0 Å². The molecule has 0 amide bonds. The fourth-order valence-electron chi connectivity index (χ4n) is 9.75. The van der Waals surface area contributed by atoms with E-state index in [0.29, 0.717) is 19.3 Å². The van der Waals surface area contributed by atoms with Gasteiger partial charge < -0.3 is 14.2 Å². The number of ether oxygens (including phenoxy) is 3. The van der Waals surface area contributed by atoms with Crippen molar-refractivity contribution in [2.24, 2.45) is 0 Å². The molecule has 0 saturated heterocycles. The van der Waals surface area contributed by atoms with Gasteiger partial charge in [-0.05, 0) is 128 Å². The summed E-state index contributed by atoms with van der Waals surface area (Å²) in [5, 5.41) is 0. The average Bonchev–Trinajstić information content (AvgIpc) is 3.49. The van der Waals surface area contributed by atoms with Gasteiger partial charge in [-0.15, -0.1) is 0 Å². The van der Waals surface area contributed by atoms with Crippen LogP contribution < -0.4 is 0 Å². The lowest BCUT2D eigenvalue weighted by Gasteiger charge is -2.18. The van der Waals surface area contributed by atoms with E-state index in [0.717, 1.165) is 148 Å². The number of carbonyl (C=O) groups is 3. The van der Waals surface area contributed by atoms with E-state index in [4.69, 9.17) is 14.2 Å². The molecular formula is C77H130O6. The number of allylic oxidation sites excluding steroid dienone is 20. The summed E-state index contributed by atoms with van der Waals surface area (Å²) in [4.78, 5) is 38.4. The van der Waals surface area contributed by atoms with E-state index < -0.39 is 6.10 Å². The monoisotopic (exact) mass is 1150 g/mol. The van der Waals surface area contributed by atoms with Crippen molar-refractivity contribution in [1.29, 1.82) is 0 Å². The lowest BCUT2D eigenvalue weighted by molar-refractivity contribution is -0.167. The molecule has 0 aromatic carbocycles. The predicted octanol–water partition coefficient (Wildman–Crippen LogP) is 24.3. The van der Waals surface area contributed by atoms with Crippen molar-refractivity contribution in [3.05, 3.63) is 122 Å². The Kier molecular flexibility index (Phi) is 66.7. The quantitative estimate of drug-likeness (QED) is 0.0261. The summed E-state index contributed by atoms with van der Waals surface area (Å²) in [6, 6.07) is 0. The molecule has 0 aromatic rings. The zero-order chi connectivity index (χ0) is 59.9. The van der Waals surface area contributed by atoms with Crippen LogP contribution in [0.25, 0.3) is 0 Å². The summed E-state index contributed by atoms with van der Waals surface area (Å²) in [5.74, 6) is -0.909. The van der Waals surface area contributed by atoms with Gasteiger partial charge in [-0.3, -0.25) is 14.4 Å². The van der Waals surface area contributed by atoms with Gasteiger partial charge in [0.25, 0.3) is 0 Å². The number of hydrogen-bond donors (Lipinski definition) is 0. The molecule has 474 valence electrons. The number of carbonyl (C=O) groups excluding carboxylic acids is 3. The summed E-state index contributed by atoms with van der Waals surface area (Å²) in [6.07, 6.45) is 97.9. The second-order valence-electron chi connectivity index (χ2n) is 23.0. The number of esters is 3. The van der Waals surface area contributed by atoms with Crippen LogP contribution >= 0.6 is 0 Å². The maximum absolute atomic E-state index is 13.0. The van der Waals surface area contributed by atoms with Gasteiger partial charge in [0.1, 0.15) is 13.2 Å². The van der Waals surface area contributed by atoms with Gasteiger partial charge in [-0.25, -0.2) is 0 Å². The number of unbranched alkanes of at least 4 members (excludes halogenated alkanes) is 32. The molecule has 0 N–H and O–H groups in total. The average molecular weight is 1150 g/mol. The summed E-state index contributed by atoms with van der Waals surface area (Å²) < 4.78 is 17.0.